The Morgan fingerprint density at radius 2 is 1.63 bits per heavy atom. The van der Waals surface area contributed by atoms with Crippen molar-refractivity contribution in [1.82, 2.24) is 0 Å². The van der Waals surface area contributed by atoms with E-state index in [9.17, 15) is 50.8 Å². The minimum atomic E-state index is -1.88. The van der Waals surface area contributed by atoms with E-state index in [1.165, 1.54) is 24.3 Å². The van der Waals surface area contributed by atoms with E-state index in [4.69, 9.17) is 23.4 Å². The van der Waals surface area contributed by atoms with Gasteiger partial charge in [-0.1, -0.05) is 12.1 Å². The van der Waals surface area contributed by atoms with Crippen LogP contribution in [0.4, 0.5) is 0 Å². The first-order valence-electron chi connectivity index (χ1n) is 12.4. The summed E-state index contributed by atoms with van der Waals surface area (Å²) < 4.78 is 28.1. The van der Waals surface area contributed by atoms with Crippen molar-refractivity contribution in [3.63, 3.8) is 0 Å². The van der Waals surface area contributed by atoms with E-state index in [1.807, 2.05) is 0 Å². The summed E-state index contributed by atoms with van der Waals surface area (Å²) in [5.41, 5.74) is -1.05. The summed E-state index contributed by atoms with van der Waals surface area (Å²) in [4.78, 5) is 13.6. The molecule has 2 fully saturated rings. The number of phenols is 3. The molecular formula is C26H28O15. The van der Waals surface area contributed by atoms with Crippen molar-refractivity contribution in [2.75, 3.05) is 13.2 Å². The van der Waals surface area contributed by atoms with E-state index in [0.717, 1.165) is 12.1 Å². The molecule has 15 heteroatoms. The molecule has 2 aromatic carbocycles. The number of fused-ring (bicyclic) bond motifs is 1. The van der Waals surface area contributed by atoms with Gasteiger partial charge in [-0.2, -0.15) is 0 Å². The van der Waals surface area contributed by atoms with Crippen LogP contribution in [0.2, 0.25) is 0 Å². The fourth-order valence-electron chi connectivity index (χ4n) is 4.68. The van der Waals surface area contributed by atoms with E-state index in [0.29, 0.717) is 0 Å². The fraction of sp³-hybridized carbons (Fsp3) is 0.423. The molecule has 0 unspecified atom stereocenters. The van der Waals surface area contributed by atoms with E-state index in [2.05, 4.69) is 0 Å². The first-order chi connectivity index (χ1) is 19.5. The zero-order valence-corrected chi connectivity index (χ0v) is 21.0. The molecule has 9 atom stereocenters. The fourth-order valence-corrected chi connectivity index (χ4v) is 4.68. The Kier molecular flexibility index (Phi) is 8.06. The number of rotatable bonds is 6. The van der Waals surface area contributed by atoms with Crippen molar-refractivity contribution in [3.8, 4) is 34.3 Å². The van der Waals surface area contributed by atoms with Gasteiger partial charge in [0.05, 0.1) is 13.2 Å². The van der Waals surface area contributed by atoms with E-state index in [1.54, 1.807) is 0 Å². The summed E-state index contributed by atoms with van der Waals surface area (Å²) >= 11 is 0. The Morgan fingerprint density at radius 3 is 2.34 bits per heavy atom. The van der Waals surface area contributed by atoms with Crippen LogP contribution in [-0.2, 0) is 14.2 Å². The number of hydrogen-bond acceptors (Lipinski definition) is 15. The third kappa shape index (κ3) is 5.42. The summed E-state index contributed by atoms with van der Waals surface area (Å²) in [5, 5.41) is 91.0. The van der Waals surface area contributed by atoms with Crippen molar-refractivity contribution in [1.29, 1.82) is 0 Å². The second kappa shape index (κ2) is 11.4. The van der Waals surface area contributed by atoms with Crippen molar-refractivity contribution >= 4 is 11.0 Å². The zero-order chi connectivity index (χ0) is 29.6. The van der Waals surface area contributed by atoms with Gasteiger partial charge in [0.1, 0.15) is 64.8 Å². The number of aliphatic hydroxyl groups excluding tert-OH is 6. The van der Waals surface area contributed by atoms with Crippen LogP contribution in [0.3, 0.4) is 0 Å². The predicted molar refractivity (Wildman–Crippen MR) is 134 cm³/mol. The van der Waals surface area contributed by atoms with E-state index in [-0.39, 0.29) is 28.0 Å². The number of aromatic hydroxyl groups is 3. The quantitative estimate of drug-likeness (QED) is 0.156. The van der Waals surface area contributed by atoms with Crippen LogP contribution in [0.5, 0.6) is 23.0 Å². The van der Waals surface area contributed by atoms with Gasteiger partial charge in [0.2, 0.25) is 17.5 Å². The molecule has 1 aromatic heterocycles. The van der Waals surface area contributed by atoms with Crippen LogP contribution < -0.4 is 10.2 Å². The number of hydrogen-bond donors (Lipinski definition) is 9. The van der Waals surface area contributed by atoms with Gasteiger partial charge >= 0.3 is 0 Å². The minimum absolute atomic E-state index is 0.129. The number of ether oxygens (including phenoxy) is 4. The highest BCUT2D eigenvalue weighted by Crippen LogP contribution is 2.38. The van der Waals surface area contributed by atoms with Crippen LogP contribution in [-0.4, -0.2) is 114 Å². The van der Waals surface area contributed by atoms with Crippen molar-refractivity contribution < 1.29 is 69.3 Å². The highest BCUT2D eigenvalue weighted by atomic mass is 16.8. The van der Waals surface area contributed by atoms with Gasteiger partial charge in [0.25, 0.3) is 0 Å². The third-order valence-corrected chi connectivity index (χ3v) is 6.83. The molecular weight excluding hydrogens is 552 g/mol. The molecule has 0 amide bonds. The SMILES string of the molecule is O=c1c(O[C@@H]2OC[C@@H](O)[C@H](O)[C@@H]2O[C@@H]2O[C@H](CO)[C@H](O)[C@H](O)[C@H]2O)c(-c2cccc(O)c2)oc2cc(O)cc(O)c12. The van der Waals surface area contributed by atoms with Crippen LogP contribution in [0.15, 0.2) is 45.6 Å². The van der Waals surface area contributed by atoms with Crippen molar-refractivity contribution in [2.45, 2.75) is 55.3 Å². The van der Waals surface area contributed by atoms with Gasteiger partial charge in [-0.25, -0.2) is 0 Å². The normalized spacial score (nSPS) is 32.2. The topological polar surface area (TPSA) is 249 Å². The second-order valence-corrected chi connectivity index (χ2v) is 9.65. The lowest BCUT2D eigenvalue weighted by Gasteiger charge is -2.44. The lowest BCUT2D eigenvalue weighted by molar-refractivity contribution is -0.348. The van der Waals surface area contributed by atoms with Gasteiger partial charge in [-0.3, -0.25) is 4.79 Å². The Labute approximate surface area is 230 Å². The van der Waals surface area contributed by atoms with Crippen LogP contribution >= 0.6 is 0 Å². The smallest absolute Gasteiger partial charge is 0.239 e. The third-order valence-electron chi connectivity index (χ3n) is 6.83. The summed E-state index contributed by atoms with van der Waals surface area (Å²) in [7, 11) is 0. The lowest BCUT2D eigenvalue weighted by atomic mass is 9.99. The first kappa shape index (κ1) is 29.0. The van der Waals surface area contributed by atoms with Gasteiger partial charge < -0.3 is 69.3 Å². The van der Waals surface area contributed by atoms with E-state index < -0.39 is 91.2 Å². The van der Waals surface area contributed by atoms with Crippen molar-refractivity contribution in [2.24, 2.45) is 0 Å². The molecule has 41 heavy (non-hydrogen) atoms. The van der Waals surface area contributed by atoms with Crippen LogP contribution in [0.25, 0.3) is 22.3 Å². The van der Waals surface area contributed by atoms with Gasteiger partial charge in [0.15, 0.2) is 18.2 Å². The Morgan fingerprint density at radius 1 is 0.878 bits per heavy atom. The van der Waals surface area contributed by atoms with Gasteiger partial charge in [-0.15, -0.1) is 0 Å². The maximum Gasteiger partial charge on any atom is 0.239 e. The summed E-state index contributed by atoms with van der Waals surface area (Å²) in [6.45, 7) is -1.26. The minimum Gasteiger partial charge on any atom is -0.508 e. The summed E-state index contributed by atoms with van der Waals surface area (Å²) in [5.74, 6) is -2.12. The molecule has 0 aliphatic carbocycles. The Balaban J connectivity index is 1.57. The lowest BCUT2D eigenvalue weighted by Crippen LogP contribution is -2.63. The summed E-state index contributed by atoms with van der Waals surface area (Å²) in [6, 6.07) is 7.48. The standard InChI is InChI=1S/C26H28O15/c27-7-15-18(33)20(35)21(36)25(39-15)41-24-17(32)13(31)8-37-26(24)40-23-19(34)16-12(30)5-11(29)6-14(16)38-22(23)9-2-1-3-10(28)4-9/h1-6,13,15,17-18,20-21,24-33,35-36H,7-8H2/t13-,15-,17+,18+,20+,21-,24+,25+,26+/m1/s1. The average molecular weight is 580 g/mol. The second-order valence-electron chi connectivity index (χ2n) is 9.65. The Bertz CT molecular complexity index is 1450. The highest BCUT2D eigenvalue weighted by molar-refractivity contribution is 5.88. The molecule has 15 nitrogen and oxygen atoms in total. The average Bonchev–Trinajstić information content (AvgIpc) is 2.93. The number of aliphatic hydroxyl groups is 6. The highest BCUT2D eigenvalue weighted by Gasteiger charge is 2.49. The van der Waals surface area contributed by atoms with Crippen LogP contribution in [0, 0.1) is 0 Å². The molecule has 0 bridgehead atoms. The molecule has 9 N–H and O–H groups in total. The van der Waals surface area contributed by atoms with Gasteiger partial charge in [0, 0.05) is 17.7 Å². The molecule has 222 valence electrons. The maximum absolute atomic E-state index is 13.6. The molecule has 0 spiro atoms. The molecule has 5 rings (SSSR count). The first-order valence-corrected chi connectivity index (χ1v) is 12.4. The predicted octanol–water partition coefficient (Wildman–Crippen LogP) is -1.78. The molecule has 0 radical (unpaired) electrons. The van der Waals surface area contributed by atoms with Crippen LogP contribution in [0.1, 0.15) is 0 Å². The van der Waals surface area contributed by atoms with E-state index >= 15 is 0 Å². The molecule has 2 aliphatic rings. The molecule has 3 heterocycles. The largest absolute Gasteiger partial charge is 0.508 e. The molecule has 2 saturated heterocycles. The number of benzene rings is 2. The van der Waals surface area contributed by atoms with Crippen molar-refractivity contribution in [3.05, 3.63) is 46.6 Å². The number of phenolic OH excluding ortho intramolecular Hbond substituents is 3. The Hall–Kier alpha value is -3.51. The monoisotopic (exact) mass is 580 g/mol. The molecule has 2 aliphatic heterocycles. The maximum atomic E-state index is 13.6. The van der Waals surface area contributed by atoms with Gasteiger partial charge in [-0.05, 0) is 12.1 Å². The summed E-state index contributed by atoms with van der Waals surface area (Å²) in [6.07, 6.45) is -15.2. The molecule has 3 aromatic rings. The zero-order valence-electron chi connectivity index (χ0n) is 21.0. The molecule has 0 saturated carbocycles.